The van der Waals surface area contributed by atoms with Gasteiger partial charge in [0.15, 0.2) is 11.6 Å². The lowest BCUT2D eigenvalue weighted by Crippen LogP contribution is -2.31. The van der Waals surface area contributed by atoms with Crippen LogP contribution < -0.4 is 47.9 Å². The molecule has 1 unspecified atom stereocenters. The molecule has 0 saturated heterocycles. The van der Waals surface area contributed by atoms with Gasteiger partial charge in [0.2, 0.25) is 23.5 Å². The van der Waals surface area contributed by atoms with Gasteiger partial charge in [-0.25, -0.2) is 9.97 Å². The van der Waals surface area contributed by atoms with E-state index in [1.807, 2.05) is 19.1 Å². The highest BCUT2D eigenvalue weighted by Gasteiger charge is 2.23. The molecule has 0 radical (unpaired) electrons. The van der Waals surface area contributed by atoms with Crippen molar-refractivity contribution in [1.29, 1.82) is 0 Å². The zero-order valence-electron chi connectivity index (χ0n) is 45.7. The van der Waals surface area contributed by atoms with E-state index < -0.39 is 60.1 Å². The number of hydrogen-bond donors (Lipinski definition) is 10. The number of carbonyl (C=O) groups excluding carboxylic acids is 9. The number of rotatable bonds is 24. The van der Waals surface area contributed by atoms with Crippen LogP contribution in [0.1, 0.15) is 101 Å². The molecule has 1 aromatic carbocycles. The van der Waals surface area contributed by atoms with Crippen LogP contribution in [0.5, 0.6) is 0 Å². The number of aryl methyl sites for hydroxylation is 6. The molecule has 0 saturated carbocycles. The van der Waals surface area contributed by atoms with Gasteiger partial charge >= 0.3 is 5.97 Å². The first kappa shape index (κ1) is 58.6. The van der Waals surface area contributed by atoms with Gasteiger partial charge in [-0.1, -0.05) is 31.2 Å². The number of likely N-dealkylation sites (N-methyl/N-ethyl adjacent to an activating group) is 1. The Hall–Kier alpha value is -10.1. The summed E-state index contributed by atoms with van der Waals surface area (Å²) in [5.41, 5.74) is 3.92. The van der Waals surface area contributed by atoms with Gasteiger partial charge in [-0.2, -0.15) is 0 Å². The summed E-state index contributed by atoms with van der Waals surface area (Å²) >= 11 is 0. The van der Waals surface area contributed by atoms with E-state index in [0.717, 1.165) is 11.1 Å². The van der Waals surface area contributed by atoms with E-state index in [4.69, 9.17) is 4.74 Å². The second kappa shape index (κ2) is 26.0. The van der Waals surface area contributed by atoms with Gasteiger partial charge in [0.05, 0.1) is 22.7 Å². The van der Waals surface area contributed by atoms with Crippen LogP contribution in [-0.4, -0.2) is 122 Å². The minimum absolute atomic E-state index is 0.00882. The Morgan fingerprint density at radius 2 is 0.963 bits per heavy atom. The molecule has 10 N–H and O–H groups in total. The van der Waals surface area contributed by atoms with Crippen molar-refractivity contribution in [3.63, 3.8) is 0 Å². The molecule has 0 spiro atoms. The zero-order valence-corrected chi connectivity index (χ0v) is 45.7. The van der Waals surface area contributed by atoms with Crippen LogP contribution in [0.15, 0.2) is 85.7 Å². The third kappa shape index (κ3) is 15.6. The summed E-state index contributed by atoms with van der Waals surface area (Å²) in [4.78, 5) is 124. The molecule has 0 aliphatic rings. The number of anilines is 6. The first-order chi connectivity index (χ1) is 38.5. The minimum Gasteiger partial charge on any atom is -0.460 e. The molecule has 0 fully saturated rings. The fraction of sp³-hybridized carbons (Fsp3) is 0.302. The van der Waals surface area contributed by atoms with Crippen LogP contribution in [0.3, 0.4) is 0 Å². The molecule has 0 bridgehead atoms. The molecule has 426 valence electrons. The van der Waals surface area contributed by atoms with E-state index in [9.17, 15) is 48.3 Å². The molecule has 28 heteroatoms. The predicted molar refractivity (Wildman–Crippen MR) is 296 cm³/mol. The molecule has 28 nitrogen and oxygen atoms in total. The van der Waals surface area contributed by atoms with Crippen molar-refractivity contribution in [2.75, 3.05) is 51.5 Å². The molecule has 0 aliphatic carbocycles. The molecule has 0 aliphatic heterocycles. The van der Waals surface area contributed by atoms with Crippen LogP contribution in [0, 0.1) is 0 Å². The molecular weight excluding hydrogens is 1050 g/mol. The summed E-state index contributed by atoms with van der Waals surface area (Å²) in [5.74, 6) is -4.78. The highest BCUT2D eigenvalue weighted by atomic mass is 16.5. The lowest BCUT2D eigenvalue weighted by Gasteiger charge is -2.11. The maximum Gasteiger partial charge on any atom is 0.325 e. The number of aliphatic hydroxyl groups is 1. The summed E-state index contributed by atoms with van der Waals surface area (Å²) in [5, 5.41) is 34.2. The Kier molecular flexibility index (Phi) is 18.8. The van der Waals surface area contributed by atoms with E-state index in [1.165, 1.54) is 72.6 Å². The summed E-state index contributed by atoms with van der Waals surface area (Å²) < 4.78 is 14.2. The van der Waals surface area contributed by atoms with Crippen molar-refractivity contribution < 1.29 is 53.0 Å². The van der Waals surface area contributed by atoms with Crippen LogP contribution in [0.2, 0.25) is 0 Å². The smallest absolute Gasteiger partial charge is 0.325 e. The van der Waals surface area contributed by atoms with E-state index in [0.29, 0.717) is 30.0 Å². The number of esters is 1. The van der Waals surface area contributed by atoms with Gasteiger partial charge in [0, 0.05) is 106 Å². The largest absolute Gasteiger partial charge is 0.460 e. The number of aliphatic hydroxyl groups excluding tert-OH is 1. The summed E-state index contributed by atoms with van der Waals surface area (Å²) in [6.07, 6.45) is 9.08. The van der Waals surface area contributed by atoms with Crippen molar-refractivity contribution in [3.05, 3.63) is 131 Å². The Morgan fingerprint density at radius 1 is 0.531 bits per heavy atom. The molecule has 1 atom stereocenters. The first-order valence-electron chi connectivity index (χ1n) is 25.3. The highest BCUT2D eigenvalue weighted by molar-refractivity contribution is 6.08. The summed E-state index contributed by atoms with van der Waals surface area (Å²) in [7, 11) is 9.61. The second-order valence-electron chi connectivity index (χ2n) is 18.9. The third-order valence-electron chi connectivity index (χ3n) is 12.3. The maximum atomic E-state index is 13.3. The quantitative estimate of drug-likeness (QED) is 0.0236. The number of nitrogens with one attached hydrogen (secondary N) is 9. The van der Waals surface area contributed by atoms with Gasteiger partial charge < -0.3 is 79.8 Å². The number of amides is 8. The standard InChI is InChI=1S/C53H63N17O11/c1-9-54-44(73)17-31-12-14-32(15-13-31)29-81-45(74)22-56-49(76)38-20-36(26-66(38)4)60-52(79)46-63-42(28-70(46)8)64-53(80)47-62-41(27-69(47)7)61-43(72)11-10-16-55-48(75)37-19-34(24-65(37)3)58-51(78)40-21-35(25-68(40)6)59-50(77)39-18-33(23-67(39)5)57-30(2)71/h12-15,18-21,23-28,44,54,73H,9-11,16-17,22,29H2,1-8H3,(H,55,75)(H,56,76)(H,57,71)(H,58,78)(H,59,77)(H,60,79)(H,61,72)(H,64,80). The lowest BCUT2D eigenvalue weighted by molar-refractivity contribution is -0.143. The first-order valence-corrected chi connectivity index (χ1v) is 25.3. The van der Waals surface area contributed by atoms with Crippen LogP contribution in [0.25, 0.3) is 0 Å². The highest BCUT2D eigenvalue weighted by Crippen LogP contribution is 2.21. The van der Waals surface area contributed by atoms with Crippen LogP contribution in [-0.2, 0) is 74.4 Å². The van der Waals surface area contributed by atoms with E-state index in [-0.39, 0.29) is 83.6 Å². The van der Waals surface area contributed by atoms with E-state index >= 15 is 0 Å². The fourth-order valence-electron chi connectivity index (χ4n) is 8.37. The van der Waals surface area contributed by atoms with Gasteiger partial charge in [0.1, 0.15) is 42.2 Å². The lowest BCUT2D eigenvalue weighted by atomic mass is 10.1. The van der Waals surface area contributed by atoms with Gasteiger partial charge in [0.25, 0.3) is 35.4 Å². The van der Waals surface area contributed by atoms with Gasteiger partial charge in [-0.05, 0) is 48.4 Å². The average molecular weight is 1110 g/mol. The van der Waals surface area contributed by atoms with Crippen LogP contribution >= 0.6 is 0 Å². The maximum absolute atomic E-state index is 13.3. The van der Waals surface area contributed by atoms with E-state index in [2.05, 4.69) is 57.8 Å². The number of carbonyl (C=O) groups is 9. The molecular formula is C53H63N17O11. The Balaban J connectivity index is 0.816. The topological polar surface area (TPSA) is 347 Å². The van der Waals surface area contributed by atoms with Crippen molar-refractivity contribution in [3.8, 4) is 0 Å². The summed E-state index contributed by atoms with van der Waals surface area (Å²) in [6, 6.07) is 13.2. The number of aromatic nitrogens is 8. The Labute approximate surface area is 463 Å². The van der Waals surface area contributed by atoms with Gasteiger partial charge in [-0.15, -0.1) is 0 Å². The number of benzene rings is 1. The van der Waals surface area contributed by atoms with Crippen molar-refractivity contribution in [2.24, 2.45) is 42.3 Å². The number of hydrogen-bond acceptors (Lipinski definition) is 14. The Bertz CT molecular complexity index is 3520. The van der Waals surface area contributed by atoms with Crippen LogP contribution in [0.4, 0.5) is 34.4 Å². The fourth-order valence-corrected chi connectivity index (χ4v) is 8.37. The predicted octanol–water partition coefficient (Wildman–Crippen LogP) is 2.57. The summed E-state index contributed by atoms with van der Waals surface area (Å²) in [6.45, 7) is 3.61. The normalized spacial score (nSPS) is 11.3. The minimum atomic E-state index is -0.692. The second-order valence-corrected chi connectivity index (χ2v) is 18.9. The Morgan fingerprint density at radius 3 is 1.46 bits per heavy atom. The van der Waals surface area contributed by atoms with Crippen molar-refractivity contribution >= 4 is 87.6 Å². The van der Waals surface area contributed by atoms with E-state index in [1.54, 1.807) is 77.6 Å². The van der Waals surface area contributed by atoms with Crippen molar-refractivity contribution in [2.45, 2.75) is 45.9 Å². The molecule has 81 heavy (non-hydrogen) atoms. The number of imidazole rings is 2. The molecule has 7 rings (SSSR count). The molecule has 6 heterocycles. The zero-order chi connectivity index (χ0) is 58.7. The van der Waals surface area contributed by atoms with Crippen molar-refractivity contribution in [1.82, 2.24) is 53.3 Å². The molecule has 7 aromatic rings. The average Bonchev–Trinajstić information content (AvgIpc) is 4.30. The monoisotopic (exact) mass is 1110 g/mol. The van der Waals surface area contributed by atoms with Gasteiger partial charge in [-0.3, -0.25) is 48.5 Å². The molecule has 6 aromatic heterocycles. The number of nitrogens with zero attached hydrogens (tertiary/aromatic N) is 8. The third-order valence-corrected chi connectivity index (χ3v) is 12.3. The SMILES string of the molecule is CCNC(O)Cc1ccc(COC(=O)CNC(=O)c2cc(NC(=O)c3nc(NC(=O)c4nc(NC(=O)CCCNC(=O)c5cc(NC(=O)c6cc(NC(=O)c7cc(NC(C)=O)cn7C)cn6C)cn5C)cn4C)cn3C)cn2C)cc1. The molecule has 8 amide bonds. The number of ether oxygens (including phenoxy) is 1.